The van der Waals surface area contributed by atoms with Crippen molar-refractivity contribution >= 4 is 43.1 Å². The van der Waals surface area contributed by atoms with Gasteiger partial charge in [-0.15, -0.1) is 0 Å². The van der Waals surface area contributed by atoms with Crippen LogP contribution in [0.5, 0.6) is 0 Å². The molecule has 0 aliphatic heterocycles. The van der Waals surface area contributed by atoms with Crippen molar-refractivity contribution in [2.24, 2.45) is 0 Å². The minimum absolute atomic E-state index is 0.0224. The lowest BCUT2D eigenvalue weighted by atomic mass is 10.1. The zero-order valence-corrected chi connectivity index (χ0v) is 18.4. The fourth-order valence-corrected chi connectivity index (χ4v) is 4.91. The number of nitrogens with one attached hydrogen (secondary N) is 1. The van der Waals surface area contributed by atoms with Crippen LogP contribution in [0.1, 0.15) is 18.2 Å². The van der Waals surface area contributed by atoms with Crippen molar-refractivity contribution in [3.63, 3.8) is 0 Å². The zero-order valence-electron chi connectivity index (χ0n) is 16.8. The molecular weight excluding hydrogens is 439 g/mol. The SMILES string of the molecule is CCS(=O)(=O)c1ccc(CC(=O)Nc2cc(C)nn2-c2nc3ccc(F)cc3s2)cc1. The van der Waals surface area contributed by atoms with Gasteiger partial charge in [-0.2, -0.15) is 9.78 Å². The van der Waals surface area contributed by atoms with Crippen LogP contribution in [0.25, 0.3) is 15.3 Å². The number of benzene rings is 2. The smallest absolute Gasteiger partial charge is 0.229 e. The predicted molar refractivity (Wildman–Crippen MR) is 118 cm³/mol. The van der Waals surface area contributed by atoms with Crippen LogP contribution in [-0.4, -0.2) is 34.8 Å². The summed E-state index contributed by atoms with van der Waals surface area (Å²) in [6.45, 7) is 3.38. The van der Waals surface area contributed by atoms with E-state index in [9.17, 15) is 17.6 Å². The maximum atomic E-state index is 13.5. The highest BCUT2D eigenvalue weighted by Gasteiger charge is 2.16. The zero-order chi connectivity index (χ0) is 22.2. The van der Waals surface area contributed by atoms with Gasteiger partial charge in [-0.05, 0) is 42.8 Å². The van der Waals surface area contributed by atoms with E-state index in [0.29, 0.717) is 32.4 Å². The van der Waals surface area contributed by atoms with Gasteiger partial charge in [-0.3, -0.25) is 4.79 Å². The van der Waals surface area contributed by atoms with Crippen LogP contribution in [0.4, 0.5) is 10.2 Å². The van der Waals surface area contributed by atoms with Crippen LogP contribution in [0.3, 0.4) is 0 Å². The minimum atomic E-state index is -3.28. The maximum absolute atomic E-state index is 13.5. The number of fused-ring (bicyclic) bond motifs is 1. The lowest BCUT2D eigenvalue weighted by molar-refractivity contribution is -0.115. The molecule has 2 aromatic carbocycles. The summed E-state index contributed by atoms with van der Waals surface area (Å²) >= 11 is 1.27. The highest BCUT2D eigenvalue weighted by Crippen LogP contribution is 2.28. The number of amides is 1. The summed E-state index contributed by atoms with van der Waals surface area (Å²) in [6.07, 6.45) is 0.0712. The summed E-state index contributed by atoms with van der Waals surface area (Å²) in [6, 6.07) is 12.4. The Labute approximate surface area is 182 Å². The van der Waals surface area contributed by atoms with Crippen molar-refractivity contribution < 1.29 is 17.6 Å². The monoisotopic (exact) mass is 458 g/mol. The Bertz CT molecular complexity index is 1380. The van der Waals surface area contributed by atoms with E-state index in [1.54, 1.807) is 38.1 Å². The Hall–Kier alpha value is -3.11. The topological polar surface area (TPSA) is 94.0 Å². The van der Waals surface area contributed by atoms with Gasteiger partial charge >= 0.3 is 0 Å². The number of nitrogens with zero attached hydrogens (tertiary/aromatic N) is 3. The van der Waals surface area contributed by atoms with Crippen molar-refractivity contribution in [2.45, 2.75) is 25.2 Å². The quantitative estimate of drug-likeness (QED) is 0.473. The molecule has 1 amide bonds. The molecule has 0 aliphatic rings. The van der Waals surface area contributed by atoms with Crippen LogP contribution >= 0.6 is 11.3 Å². The van der Waals surface area contributed by atoms with E-state index in [-0.39, 0.29) is 28.8 Å². The number of halogens is 1. The normalized spacial score (nSPS) is 11.7. The first kappa shape index (κ1) is 21.1. The van der Waals surface area contributed by atoms with Gasteiger partial charge in [-0.25, -0.2) is 17.8 Å². The molecule has 0 saturated carbocycles. The molecule has 0 bridgehead atoms. The molecule has 2 aromatic heterocycles. The number of sulfone groups is 1. The van der Waals surface area contributed by atoms with Gasteiger partial charge in [0.2, 0.25) is 11.0 Å². The number of carbonyl (C=O) groups is 1. The van der Waals surface area contributed by atoms with Crippen molar-refractivity contribution in [3.05, 3.63) is 65.6 Å². The molecule has 7 nitrogen and oxygen atoms in total. The lowest BCUT2D eigenvalue weighted by Gasteiger charge is -2.07. The number of carbonyl (C=O) groups excluding carboxylic acids is 1. The Balaban J connectivity index is 1.54. The molecule has 4 aromatic rings. The molecule has 0 radical (unpaired) electrons. The van der Waals surface area contributed by atoms with Crippen molar-refractivity contribution in [3.8, 4) is 5.13 Å². The van der Waals surface area contributed by atoms with Crippen LogP contribution in [0.15, 0.2) is 53.4 Å². The highest BCUT2D eigenvalue weighted by molar-refractivity contribution is 7.91. The molecule has 10 heteroatoms. The Morgan fingerprint density at radius 1 is 1.16 bits per heavy atom. The standard InChI is InChI=1S/C21H19FN4O3S2/c1-3-31(28,29)16-7-4-14(5-8-16)11-20(27)24-19-10-13(2)25-26(19)21-23-17-9-6-15(22)12-18(17)30-21/h4-10,12H,3,11H2,1-2H3,(H,24,27). The van der Waals surface area contributed by atoms with Gasteiger partial charge in [0, 0.05) is 6.07 Å². The lowest BCUT2D eigenvalue weighted by Crippen LogP contribution is -2.17. The van der Waals surface area contributed by atoms with E-state index < -0.39 is 9.84 Å². The summed E-state index contributed by atoms with van der Waals surface area (Å²) in [7, 11) is -3.28. The molecular formula is C21H19FN4O3S2. The average molecular weight is 459 g/mol. The number of rotatable bonds is 6. The molecule has 2 heterocycles. The number of aromatic nitrogens is 3. The van der Waals surface area contributed by atoms with Crippen LogP contribution in [0.2, 0.25) is 0 Å². The Kier molecular flexibility index (Phi) is 5.59. The first-order valence-corrected chi connectivity index (χ1v) is 12.0. The summed E-state index contributed by atoms with van der Waals surface area (Å²) in [4.78, 5) is 17.3. The third kappa shape index (κ3) is 4.49. The molecule has 0 atom stereocenters. The molecule has 160 valence electrons. The molecule has 31 heavy (non-hydrogen) atoms. The number of hydrogen-bond acceptors (Lipinski definition) is 6. The van der Waals surface area contributed by atoms with E-state index in [1.807, 2.05) is 0 Å². The van der Waals surface area contributed by atoms with Gasteiger partial charge in [0.25, 0.3) is 0 Å². The number of thiazole rings is 1. The summed E-state index contributed by atoms with van der Waals surface area (Å²) < 4.78 is 39.5. The molecule has 4 rings (SSSR count). The summed E-state index contributed by atoms with van der Waals surface area (Å²) in [5, 5.41) is 7.73. The second kappa shape index (κ2) is 8.20. The van der Waals surface area contributed by atoms with Gasteiger partial charge in [0.05, 0.1) is 33.0 Å². The van der Waals surface area contributed by atoms with Crippen LogP contribution in [0, 0.1) is 12.7 Å². The van der Waals surface area contributed by atoms with Gasteiger partial charge in [-0.1, -0.05) is 30.4 Å². The Morgan fingerprint density at radius 3 is 2.61 bits per heavy atom. The summed E-state index contributed by atoms with van der Waals surface area (Å²) in [5.74, 6) is -0.147. The Morgan fingerprint density at radius 2 is 1.90 bits per heavy atom. The molecule has 0 fully saturated rings. The molecule has 0 spiro atoms. The molecule has 0 saturated heterocycles. The van der Waals surface area contributed by atoms with Crippen molar-refractivity contribution in [1.29, 1.82) is 0 Å². The van der Waals surface area contributed by atoms with Crippen LogP contribution < -0.4 is 5.32 Å². The van der Waals surface area contributed by atoms with Crippen molar-refractivity contribution in [1.82, 2.24) is 14.8 Å². The molecule has 1 N–H and O–H groups in total. The predicted octanol–water partition coefficient (Wildman–Crippen LogP) is 3.90. The van der Waals surface area contributed by atoms with E-state index in [1.165, 1.54) is 40.3 Å². The first-order chi connectivity index (χ1) is 14.7. The van der Waals surface area contributed by atoms with Gasteiger partial charge in [0.15, 0.2) is 9.84 Å². The van der Waals surface area contributed by atoms with Gasteiger partial charge < -0.3 is 5.32 Å². The summed E-state index contributed by atoms with van der Waals surface area (Å²) in [5.41, 5.74) is 2.02. The molecule has 0 aliphatic carbocycles. The average Bonchev–Trinajstić information content (AvgIpc) is 3.30. The second-order valence-electron chi connectivity index (χ2n) is 6.96. The van der Waals surface area contributed by atoms with E-state index in [0.717, 1.165) is 0 Å². The third-order valence-corrected chi connectivity index (χ3v) is 7.39. The highest BCUT2D eigenvalue weighted by atomic mass is 32.2. The van der Waals surface area contributed by atoms with E-state index in [2.05, 4.69) is 15.4 Å². The second-order valence-corrected chi connectivity index (χ2v) is 10.3. The fourth-order valence-electron chi connectivity index (χ4n) is 3.06. The fraction of sp³-hybridized carbons (Fsp3) is 0.190. The van der Waals surface area contributed by atoms with E-state index in [4.69, 9.17) is 0 Å². The number of anilines is 1. The molecule has 0 unspecified atom stereocenters. The maximum Gasteiger partial charge on any atom is 0.229 e. The largest absolute Gasteiger partial charge is 0.310 e. The van der Waals surface area contributed by atoms with Gasteiger partial charge in [0.1, 0.15) is 11.6 Å². The van der Waals surface area contributed by atoms with E-state index >= 15 is 0 Å². The first-order valence-electron chi connectivity index (χ1n) is 9.50. The van der Waals surface area contributed by atoms with Crippen LogP contribution in [-0.2, 0) is 21.1 Å². The number of hydrogen-bond donors (Lipinski definition) is 1. The third-order valence-electron chi connectivity index (χ3n) is 4.65. The minimum Gasteiger partial charge on any atom is -0.310 e. The number of aryl methyl sites for hydroxylation is 1. The van der Waals surface area contributed by atoms with Crippen molar-refractivity contribution in [2.75, 3.05) is 11.1 Å².